The summed E-state index contributed by atoms with van der Waals surface area (Å²) in [5.74, 6) is 0.502. The van der Waals surface area contributed by atoms with Crippen LogP contribution in [0.4, 0.5) is 4.39 Å². The molecule has 5 rings (SSSR count). The van der Waals surface area contributed by atoms with Crippen LogP contribution in [0, 0.1) is 12.7 Å². The summed E-state index contributed by atoms with van der Waals surface area (Å²) in [6.07, 6.45) is 2.74. The van der Waals surface area contributed by atoms with E-state index in [9.17, 15) is 9.18 Å². The lowest BCUT2D eigenvalue weighted by molar-refractivity contribution is -0.132. The van der Waals surface area contributed by atoms with Gasteiger partial charge in [-0.1, -0.05) is 30.3 Å². The van der Waals surface area contributed by atoms with Crippen molar-refractivity contribution in [2.75, 3.05) is 6.54 Å². The molecule has 1 N–H and O–H groups in total. The Labute approximate surface area is 186 Å². The highest BCUT2D eigenvalue weighted by Gasteiger charge is 2.31. The average molecular weight is 429 g/mol. The molecular weight excluding hydrogens is 403 g/mol. The molecule has 162 valence electrons. The Hall–Kier alpha value is -3.54. The fourth-order valence-corrected chi connectivity index (χ4v) is 4.56. The largest absolute Gasteiger partial charge is 0.342 e. The van der Waals surface area contributed by atoms with Gasteiger partial charge in [0.1, 0.15) is 11.6 Å². The number of nitrogens with one attached hydrogen (secondary N) is 1. The molecule has 0 bridgehead atoms. The summed E-state index contributed by atoms with van der Waals surface area (Å²) >= 11 is 0. The number of fused-ring (bicyclic) bond motifs is 1. The zero-order valence-electron chi connectivity index (χ0n) is 18.0. The van der Waals surface area contributed by atoms with E-state index >= 15 is 0 Å². The number of carbonyl (C=O) groups excluding carboxylic acids is 1. The normalized spacial score (nSPS) is 16.1. The fourth-order valence-electron chi connectivity index (χ4n) is 4.56. The third-order valence-electron chi connectivity index (χ3n) is 6.06. The number of aromatic amines is 1. The number of benzene rings is 2. The zero-order valence-corrected chi connectivity index (χ0v) is 18.0. The van der Waals surface area contributed by atoms with Crippen molar-refractivity contribution in [3.8, 4) is 11.1 Å². The summed E-state index contributed by atoms with van der Waals surface area (Å²) < 4.78 is 13.4. The highest BCUT2D eigenvalue weighted by Crippen LogP contribution is 2.34. The van der Waals surface area contributed by atoms with Crippen LogP contribution in [0.3, 0.4) is 0 Å². The summed E-state index contributed by atoms with van der Waals surface area (Å²) in [6.45, 7) is 2.74. The molecule has 0 unspecified atom stereocenters. The Morgan fingerprint density at radius 3 is 2.78 bits per heavy atom. The number of rotatable bonds is 5. The number of imidazole rings is 1. The van der Waals surface area contributed by atoms with Crippen LogP contribution in [0.25, 0.3) is 22.2 Å². The molecule has 4 aromatic rings. The van der Waals surface area contributed by atoms with E-state index in [0.29, 0.717) is 29.7 Å². The molecule has 1 aliphatic heterocycles. The van der Waals surface area contributed by atoms with E-state index in [4.69, 9.17) is 4.98 Å². The van der Waals surface area contributed by atoms with Crippen molar-refractivity contribution in [2.45, 2.75) is 38.6 Å². The molecule has 0 radical (unpaired) electrons. The van der Waals surface area contributed by atoms with E-state index in [0.717, 1.165) is 41.9 Å². The lowest BCUT2D eigenvalue weighted by atomic mass is 10.0. The Morgan fingerprint density at radius 1 is 1.09 bits per heavy atom. The predicted molar refractivity (Wildman–Crippen MR) is 122 cm³/mol. The minimum atomic E-state index is -0.302. The van der Waals surface area contributed by atoms with E-state index in [-0.39, 0.29) is 17.8 Å². The minimum Gasteiger partial charge on any atom is -0.342 e. The molecule has 5 nitrogen and oxygen atoms in total. The average Bonchev–Trinajstić information content (AvgIpc) is 3.44. The van der Waals surface area contributed by atoms with Crippen molar-refractivity contribution in [2.24, 2.45) is 0 Å². The second-order valence-electron chi connectivity index (χ2n) is 8.38. The van der Waals surface area contributed by atoms with Crippen molar-refractivity contribution in [1.29, 1.82) is 0 Å². The van der Waals surface area contributed by atoms with Gasteiger partial charge in [0.15, 0.2) is 0 Å². The number of carbonyl (C=O) groups is 1. The van der Waals surface area contributed by atoms with Gasteiger partial charge in [-0.3, -0.25) is 9.78 Å². The molecule has 32 heavy (non-hydrogen) atoms. The summed E-state index contributed by atoms with van der Waals surface area (Å²) in [5.41, 5.74) is 5.55. The molecule has 2 aromatic heterocycles. The Balaban J connectivity index is 1.32. The van der Waals surface area contributed by atoms with Crippen LogP contribution >= 0.6 is 0 Å². The molecule has 0 saturated carbocycles. The van der Waals surface area contributed by atoms with Crippen LogP contribution in [0.1, 0.15) is 42.5 Å². The van der Waals surface area contributed by atoms with Crippen LogP contribution in [0.15, 0.2) is 60.7 Å². The number of likely N-dealkylation sites (tertiary alicyclic amines) is 1. The van der Waals surface area contributed by atoms with E-state index in [1.165, 1.54) is 12.1 Å². The van der Waals surface area contributed by atoms with Gasteiger partial charge in [0, 0.05) is 25.1 Å². The van der Waals surface area contributed by atoms with Crippen LogP contribution < -0.4 is 0 Å². The lowest BCUT2D eigenvalue weighted by Gasteiger charge is -2.25. The van der Waals surface area contributed by atoms with Gasteiger partial charge < -0.3 is 9.88 Å². The van der Waals surface area contributed by atoms with Gasteiger partial charge in [-0.25, -0.2) is 9.37 Å². The molecular formula is C26H25FN4O. The second-order valence-corrected chi connectivity index (χ2v) is 8.38. The van der Waals surface area contributed by atoms with Gasteiger partial charge in [-0.2, -0.15) is 0 Å². The molecule has 2 aromatic carbocycles. The van der Waals surface area contributed by atoms with Gasteiger partial charge in [0.25, 0.3) is 0 Å². The lowest BCUT2D eigenvalue weighted by Crippen LogP contribution is -2.31. The molecule has 6 heteroatoms. The first-order chi connectivity index (χ1) is 15.6. The van der Waals surface area contributed by atoms with E-state index in [2.05, 4.69) is 34.2 Å². The summed E-state index contributed by atoms with van der Waals surface area (Å²) in [6, 6.07) is 18.9. The highest BCUT2D eigenvalue weighted by atomic mass is 19.1. The van der Waals surface area contributed by atoms with Gasteiger partial charge in [-0.05, 0) is 61.2 Å². The Kier molecular flexibility index (Phi) is 5.43. The van der Waals surface area contributed by atoms with Crippen molar-refractivity contribution in [3.63, 3.8) is 0 Å². The molecule has 1 aliphatic rings. The van der Waals surface area contributed by atoms with Crippen molar-refractivity contribution in [1.82, 2.24) is 19.9 Å². The number of halogens is 1. The SMILES string of the molecule is Cc1cc(-c2ccccc2)cc([C@H]2CCCN2C(=O)CCc2nc3ccc(F)cc3[nH]2)n1. The number of hydrogen-bond acceptors (Lipinski definition) is 3. The van der Waals surface area contributed by atoms with Gasteiger partial charge in [0.2, 0.25) is 5.91 Å². The van der Waals surface area contributed by atoms with E-state index in [1.807, 2.05) is 30.0 Å². The number of aromatic nitrogens is 3. The van der Waals surface area contributed by atoms with Crippen LogP contribution in [0.5, 0.6) is 0 Å². The van der Waals surface area contributed by atoms with Crippen molar-refractivity contribution < 1.29 is 9.18 Å². The number of aryl methyl sites for hydroxylation is 2. The maximum absolute atomic E-state index is 13.4. The summed E-state index contributed by atoms with van der Waals surface area (Å²) in [4.78, 5) is 27.5. The van der Waals surface area contributed by atoms with Crippen LogP contribution in [0.2, 0.25) is 0 Å². The Bertz CT molecular complexity index is 1270. The zero-order chi connectivity index (χ0) is 22.1. The number of H-pyrrole nitrogens is 1. The number of nitrogens with zero attached hydrogens (tertiary/aromatic N) is 3. The quantitative estimate of drug-likeness (QED) is 0.465. The number of amides is 1. The molecule has 1 amide bonds. The monoisotopic (exact) mass is 428 g/mol. The predicted octanol–water partition coefficient (Wildman–Crippen LogP) is 5.37. The number of pyridine rings is 1. The molecule has 1 saturated heterocycles. The number of hydrogen-bond donors (Lipinski definition) is 1. The van der Waals surface area contributed by atoms with Gasteiger partial charge in [-0.15, -0.1) is 0 Å². The molecule has 3 heterocycles. The van der Waals surface area contributed by atoms with E-state index in [1.54, 1.807) is 6.07 Å². The first-order valence-corrected chi connectivity index (χ1v) is 11.0. The van der Waals surface area contributed by atoms with Crippen molar-refractivity contribution in [3.05, 3.63) is 83.7 Å². The van der Waals surface area contributed by atoms with Gasteiger partial charge in [0.05, 0.1) is 22.8 Å². The van der Waals surface area contributed by atoms with Crippen molar-refractivity contribution >= 4 is 16.9 Å². The highest BCUT2D eigenvalue weighted by molar-refractivity contribution is 5.78. The first kappa shape index (κ1) is 20.4. The summed E-state index contributed by atoms with van der Waals surface area (Å²) in [7, 11) is 0. The Morgan fingerprint density at radius 2 is 1.94 bits per heavy atom. The van der Waals surface area contributed by atoms with Crippen LogP contribution in [-0.4, -0.2) is 32.3 Å². The third kappa shape index (κ3) is 4.13. The maximum Gasteiger partial charge on any atom is 0.223 e. The smallest absolute Gasteiger partial charge is 0.223 e. The standard InChI is InChI=1S/C26H25FN4O/c1-17-14-19(18-6-3-2-4-7-18)15-23(28-17)24-8-5-13-31(24)26(32)12-11-25-29-21-10-9-20(27)16-22(21)30-25/h2-4,6-7,9-10,14-16,24H,5,8,11-13H2,1H3,(H,29,30)/t24-/m1/s1. The van der Waals surface area contributed by atoms with Crippen LogP contribution in [-0.2, 0) is 11.2 Å². The molecule has 0 aliphatic carbocycles. The third-order valence-corrected chi connectivity index (χ3v) is 6.06. The second kappa shape index (κ2) is 8.54. The molecule has 1 atom stereocenters. The summed E-state index contributed by atoms with van der Waals surface area (Å²) in [5, 5.41) is 0. The van der Waals surface area contributed by atoms with E-state index < -0.39 is 0 Å². The topological polar surface area (TPSA) is 61.9 Å². The maximum atomic E-state index is 13.4. The fraction of sp³-hybridized carbons (Fsp3) is 0.269. The first-order valence-electron chi connectivity index (χ1n) is 11.0. The van der Waals surface area contributed by atoms with Gasteiger partial charge >= 0.3 is 0 Å². The molecule has 1 fully saturated rings. The minimum absolute atomic E-state index is 0.00497. The molecule has 0 spiro atoms.